The molecule has 74 valence electrons. The molecule has 2 heterocycles. The summed E-state index contributed by atoms with van der Waals surface area (Å²) >= 11 is 4.83. The van der Waals surface area contributed by atoms with Crippen molar-refractivity contribution in [2.24, 2.45) is 0 Å². The third kappa shape index (κ3) is 1.74. The number of pyridine rings is 1. The first kappa shape index (κ1) is 10.2. The smallest absolute Gasteiger partial charge is 0.183 e. The van der Waals surface area contributed by atoms with E-state index in [1.165, 1.54) is 11.3 Å². The quantitative estimate of drug-likeness (QED) is 0.810. The Morgan fingerprint density at radius 1 is 1.50 bits per heavy atom. The van der Waals surface area contributed by atoms with Crippen molar-refractivity contribution in [2.75, 3.05) is 6.26 Å². The van der Waals surface area contributed by atoms with Gasteiger partial charge in [0, 0.05) is 10.7 Å². The van der Waals surface area contributed by atoms with E-state index in [0.717, 1.165) is 14.9 Å². The standard InChI is InChI=1S/C8H7BrN2OS2/c1-4-5(9)3-6-7(10-4)11-8(13-6)14(2)12/h3H,1-2H3. The molecule has 0 bridgehead atoms. The lowest BCUT2D eigenvalue weighted by atomic mass is 10.4. The van der Waals surface area contributed by atoms with Gasteiger partial charge in [-0.1, -0.05) is 0 Å². The predicted octanol–water partition coefficient (Wildman–Crippen LogP) is 2.50. The average Bonchev–Trinajstić information content (AvgIpc) is 2.48. The van der Waals surface area contributed by atoms with Gasteiger partial charge in [0.05, 0.1) is 21.2 Å². The second-order valence-electron chi connectivity index (χ2n) is 2.81. The number of halogens is 1. The summed E-state index contributed by atoms with van der Waals surface area (Å²) in [4.78, 5) is 8.50. The van der Waals surface area contributed by atoms with Crippen LogP contribution < -0.4 is 0 Å². The zero-order valence-electron chi connectivity index (χ0n) is 7.57. The fourth-order valence-corrected chi connectivity index (χ4v) is 3.14. The van der Waals surface area contributed by atoms with Crippen molar-refractivity contribution < 1.29 is 4.21 Å². The van der Waals surface area contributed by atoms with Crippen molar-refractivity contribution in [3.05, 3.63) is 16.2 Å². The zero-order chi connectivity index (χ0) is 10.3. The lowest BCUT2D eigenvalue weighted by Crippen LogP contribution is -1.86. The highest BCUT2D eigenvalue weighted by molar-refractivity contribution is 9.10. The van der Waals surface area contributed by atoms with Crippen LogP contribution >= 0.6 is 27.3 Å². The van der Waals surface area contributed by atoms with Crippen LogP contribution in [0.1, 0.15) is 5.69 Å². The first-order valence-electron chi connectivity index (χ1n) is 3.85. The van der Waals surface area contributed by atoms with E-state index in [0.29, 0.717) is 9.99 Å². The Morgan fingerprint density at radius 2 is 2.21 bits per heavy atom. The highest BCUT2D eigenvalue weighted by Gasteiger charge is 2.09. The minimum atomic E-state index is -1.02. The van der Waals surface area contributed by atoms with E-state index >= 15 is 0 Å². The summed E-state index contributed by atoms with van der Waals surface area (Å²) in [6, 6.07) is 1.96. The lowest BCUT2D eigenvalue weighted by Gasteiger charge is -1.94. The second-order valence-corrected chi connectivity index (χ2v) is 6.25. The fraction of sp³-hybridized carbons (Fsp3) is 0.250. The van der Waals surface area contributed by atoms with Crippen molar-refractivity contribution in [1.29, 1.82) is 0 Å². The van der Waals surface area contributed by atoms with Gasteiger partial charge in [0.25, 0.3) is 0 Å². The van der Waals surface area contributed by atoms with Gasteiger partial charge >= 0.3 is 0 Å². The number of nitrogens with zero attached hydrogens (tertiary/aromatic N) is 2. The average molecular weight is 291 g/mol. The summed E-state index contributed by atoms with van der Waals surface area (Å²) in [5.74, 6) is 0. The largest absolute Gasteiger partial charge is 0.252 e. The third-order valence-corrected chi connectivity index (χ3v) is 4.86. The van der Waals surface area contributed by atoms with Crippen molar-refractivity contribution in [1.82, 2.24) is 9.97 Å². The van der Waals surface area contributed by atoms with Crippen LogP contribution in [0.25, 0.3) is 10.3 Å². The monoisotopic (exact) mass is 290 g/mol. The maximum atomic E-state index is 11.2. The molecular weight excluding hydrogens is 284 g/mol. The third-order valence-electron chi connectivity index (χ3n) is 1.74. The van der Waals surface area contributed by atoms with Crippen molar-refractivity contribution >= 4 is 48.4 Å². The molecule has 0 amide bonds. The van der Waals surface area contributed by atoms with Crippen LogP contribution in [0.3, 0.4) is 0 Å². The molecule has 2 rings (SSSR count). The van der Waals surface area contributed by atoms with Crippen LogP contribution in [-0.4, -0.2) is 20.4 Å². The number of hydrogen-bond acceptors (Lipinski definition) is 4. The Morgan fingerprint density at radius 3 is 2.86 bits per heavy atom. The SMILES string of the molecule is Cc1nc2nc(S(C)=O)sc2cc1Br. The van der Waals surface area contributed by atoms with E-state index in [4.69, 9.17) is 0 Å². The first-order chi connectivity index (χ1) is 6.58. The molecule has 0 saturated heterocycles. The normalized spacial score (nSPS) is 13.4. The van der Waals surface area contributed by atoms with Gasteiger partial charge in [-0.2, -0.15) is 0 Å². The molecule has 2 aromatic heterocycles. The molecule has 0 aliphatic carbocycles. The summed E-state index contributed by atoms with van der Waals surface area (Å²) in [5.41, 5.74) is 1.58. The molecule has 0 aliphatic heterocycles. The molecule has 1 atom stereocenters. The van der Waals surface area contributed by atoms with Gasteiger partial charge in [0.15, 0.2) is 9.99 Å². The topological polar surface area (TPSA) is 42.9 Å². The number of thiazole rings is 1. The Bertz CT molecular complexity index is 484. The Labute approximate surface area is 96.2 Å². The number of hydrogen-bond donors (Lipinski definition) is 0. The molecule has 0 saturated carbocycles. The molecule has 0 aliphatic rings. The summed E-state index contributed by atoms with van der Waals surface area (Å²) < 4.78 is 13.8. The van der Waals surface area contributed by atoms with Crippen LogP contribution in [0.15, 0.2) is 14.9 Å². The molecule has 1 unspecified atom stereocenters. The molecule has 0 radical (unpaired) electrons. The highest BCUT2D eigenvalue weighted by atomic mass is 79.9. The van der Waals surface area contributed by atoms with E-state index in [1.54, 1.807) is 6.26 Å². The molecule has 0 fully saturated rings. The fourth-order valence-electron chi connectivity index (χ4n) is 1.03. The van der Waals surface area contributed by atoms with Crippen LogP contribution in [0.2, 0.25) is 0 Å². The maximum Gasteiger partial charge on any atom is 0.183 e. The van der Waals surface area contributed by atoms with Gasteiger partial charge in [-0.25, -0.2) is 9.97 Å². The van der Waals surface area contributed by atoms with Crippen LogP contribution in [0.5, 0.6) is 0 Å². The number of aromatic nitrogens is 2. The summed E-state index contributed by atoms with van der Waals surface area (Å²) in [5, 5.41) is 0. The Balaban J connectivity index is 2.72. The molecule has 14 heavy (non-hydrogen) atoms. The minimum absolute atomic E-state index is 0.630. The van der Waals surface area contributed by atoms with E-state index in [9.17, 15) is 4.21 Å². The molecular formula is C8H7BrN2OS2. The first-order valence-corrected chi connectivity index (χ1v) is 7.02. The second kappa shape index (κ2) is 3.67. The number of aryl methyl sites for hydroxylation is 1. The lowest BCUT2D eigenvalue weighted by molar-refractivity contribution is 0.686. The molecule has 0 spiro atoms. The zero-order valence-corrected chi connectivity index (χ0v) is 10.8. The van der Waals surface area contributed by atoms with Crippen LogP contribution in [0, 0.1) is 6.92 Å². The Kier molecular flexibility index (Phi) is 2.68. The molecule has 0 aromatic carbocycles. The maximum absolute atomic E-state index is 11.2. The minimum Gasteiger partial charge on any atom is -0.252 e. The van der Waals surface area contributed by atoms with E-state index in [-0.39, 0.29) is 0 Å². The summed E-state index contributed by atoms with van der Waals surface area (Å²) in [6.45, 7) is 1.91. The van der Waals surface area contributed by atoms with Gasteiger partial charge in [-0.05, 0) is 28.9 Å². The summed E-state index contributed by atoms with van der Waals surface area (Å²) in [6.07, 6.45) is 1.62. The van der Waals surface area contributed by atoms with Crippen LogP contribution in [0.4, 0.5) is 0 Å². The van der Waals surface area contributed by atoms with Crippen molar-refractivity contribution in [3.8, 4) is 0 Å². The molecule has 2 aromatic rings. The van der Waals surface area contributed by atoms with Gasteiger partial charge in [-0.15, -0.1) is 11.3 Å². The molecule has 6 heteroatoms. The van der Waals surface area contributed by atoms with Crippen LogP contribution in [-0.2, 0) is 10.8 Å². The van der Waals surface area contributed by atoms with Gasteiger partial charge < -0.3 is 0 Å². The number of rotatable bonds is 1. The molecule has 0 N–H and O–H groups in total. The van der Waals surface area contributed by atoms with E-state index in [1.807, 2.05) is 13.0 Å². The van der Waals surface area contributed by atoms with Gasteiger partial charge in [0.2, 0.25) is 0 Å². The van der Waals surface area contributed by atoms with E-state index in [2.05, 4.69) is 25.9 Å². The van der Waals surface area contributed by atoms with Crippen molar-refractivity contribution in [3.63, 3.8) is 0 Å². The molecule has 3 nitrogen and oxygen atoms in total. The highest BCUT2D eigenvalue weighted by Crippen LogP contribution is 2.26. The summed E-state index contributed by atoms with van der Waals surface area (Å²) in [7, 11) is -1.02. The van der Waals surface area contributed by atoms with Crippen molar-refractivity contribution in [2.45, 2.75) is 11.3 Å². The number of fused-ring (bicyclic) bond motifs is 1. The Hall–Kier alpha value is -0.330. The van der Waals surface area contributed by atoms with E-state index < -0.39 is 10.8 Å². The van der Waals surface area contributed by atoms with Gasteiger partial charge in [0.1, 0.15) is 0 Å². The van der Waals surface area contributed by atoms with Gasteiger partial charge in [-0.3, -0.25) is 4.21 Å². The predicted molar refractivity (Wildman–Crippen MR) is 62.2 cm³/mol.